The van der Waals surface area contributed by atoms with E-state index in [1.165, 1.54) is 4.31 Å². The number of hydrogen-bond acceptors (Lipinski definition) is 3. The Labute approximate surface area is 116 Å². The van der Waals surface area contributed by atoms with E-state index in [4.69, 9.17) is 5.73 Å². The fourth-order valence-electron chi connectivity index (χ4n) is 3.37. The van der Waals surface area contributed by atoms with E-state index in [1.807, 2.05) is 0 Å². The first-order valence-corrected chi connectivity index (χ1v) is 8.07. The second kappa shape index (κ2) is 4.75. The Bertz CT molecular complexity index is 601. The lowest BCUT2D eigenvalue weighted by molar-refractivity contribution is 0.227. The molecule has 4 nitrogen and oxygen atoms in total. The lowest BCUT2D eigenvalue weighted by atomic mass is 10.0. The first-order valence-electron chi connectivity index (χ1n) is 6.63. The van der Waals surface area contributed by atoms with E-state index in [0.717, 1.165) is 25.0 Å². The molecule has 0 radical (unpaired) electrons. The van der Waals surface area contributed by atoms with Crippen molar-refractivity contribution in [1.29, 1.82) is 0 Å². The first kappa shape index (κ1) is 13.9. The largest absolute Gasteiger partial charge is 0.328 e. The van der Waals surface area contributed by atoms with Gasteiger partial charge in [0.15, 0.2) is 0 Å². The van der Waals surface area contributed by atoms with Gasteiger partial charge in [0.1, 0.15) is 11.6 Å². The average molecular weight is 302 g/mol. The third kappa shape index (κ3) is 2.23. The molecule has 2 aliphatic rings. The van der Waals surface area contributed by atoms with Crippen molar-refractivity contribution in [2.75, 3.05) is 0 Å². The van der Waals surface area contributed by atoms with Crippen LogP contribution in [-0.4, -0.2) is 30.8 Å². The standard InChI is InChI=1S/C13H16F2N2O2S/c14-8-3-9(15)5-13(4-8)20(18,19)17-11-1-2-12(17)7-10(16)6-11/h3-5,10-12H,1-2,6-7,16H2. The van der Waals surface area contributed by atoms with Gasteiger partial charge in [-0.3, -0.25) is 0 Å². The summed E-state index contributed by atoms with van der Waals surface area (Å²) < 4.78 is 53.1. The monoisotopic (exact) mass is 302 g/mol. The summed E-state index contributed by atoms with van der Waals surface area (Å²) in [6.07, 6.45) is 2.73. The Morgan fingerprint density at radius 1 is 1.05 bits per heavy atom. The fourth-order valence-corrected chi connectivity index (χ4v) is 5.30. The van der Waals surface area contributed by atoms with Gasteiger partial charge in [-0.05, 0) is 37.8 Å². The van der Waals surface area contributed by atoms with Crippen LogP contribution in [0.3, 0.4) is 0 Å². The number of halogens is 2. The van der Waals surface area contributed by atoms with Gasteiger partial charge in [-0.1, -0.05) is 0 Å². The number of hydrogen-bond donors (Lipinski definition) is 1. The SMILES string of the molecule is NC1CC2CCC(C1)N2S(=O)(=O)c1cc(F)cc(F)c1. The second-order valence-corrected chi connectivity index (χ2v) is 7.40. The molecule has 2 N–H and O–H groups in total. The molecule has 2 saturated heterocycles. The molecular weight excluding hydrogens is 286 g/mol. The molecule has 3 rings (SSSR count). The summed E-state index contributed by atoms with van der Waals surface area (Å²) in [7, 11) is -3.87. The molecule has 1 aromatic rings. The van der Waals surface area contributed by atoms with Gasteiger partial charge in [-0.2, -0.15) is 4.31 Å². The minimum absolute atomic E-state index is 0.00296. The molecule has 7 heteroatoms. The van der Waals surface area contributed by atoms with Crippen LogP contribution in [0.1, 0.15) is 25.7 Å². The highest BCUT2D eigenvalue weighted by atomic mass is 32.2. The van der Waals surface area contributed by atoms with E-state index in [2.05, 4.69) is 0 Å². The minimum atomic E-state index is -3.87. The van der Waals surface area contributed by atoms with Crippen LogP contribution in [0.4, 0.5) is 8.78 Å². The summed E-state index contributed by atoms with van der Waals surface area (Å²) in [5, 5.41) is 0. The molecule has 0 saturated carbocycles. The fraction of sp³-hybridized carbons (Fsp3) is 0.538. The summed E-state index contributed by atoms with van der Waals surface area (Å²) in [6.45, 7) is 0. The number of piperidine rings is 1. The Balaban J connectivity index is 2.00. The zero-order valence-corrected chi connectivity index (χ0v) is 11.6. The number of rotatable bonds is 2. The van der Waals surface area contributed by atoms with E-state index in [-0.39, 0.29) is 23.0 Å². The van der Waals surface area contributed by atoms with Crippen LogP contribution in [0.2, 0.25) is 0 Å². The van der Waals surface area contributed by atoms with E-state index in [9.17, 15) is 17.2 Å². The van der Waals surface area contributed by atoms with Crippen molar-refractivity contribution >= 4 is 10.0 Å². The molecule has 110 valence electrons. The van der Waals surface area contributed by atoms with Crippen LogP contribution < -0.4 is 5.73 Å². The van der Waals surface area contributed by atoms with Crippen LogP contribution >= 0.6 is 0 Å². The van der Waals surface area contributed by atoms with Gasteiger partial charge in [-0.25, -0.2) is 17.2 Å². The molecular formula is C13H16F2N2O2S. The highest BCUT2D eigenvalue weighted by Crippen LogP contribution is 2.39. The Kier molecular flexibility index (Phi) is 3.30. The van der Waals surface area contributed by atoms with Crippen molar-refractivity contribution in [3.8, 4) is 0 Å². The van der Waals surface area contributed by atoms with Gasteiger partial charge in [0.25, 0.3) is 0 Å². The van der Waals surface area contributed by atoms with E-state index >= 15 is 0 Å². The molecule has 0 aromatic heterocycles. The van der Waals surface area contributed by atoms with Gasteiger partial charge < -0.3 is 5.73 Å². The van der Waals surface area contributed by atoms with Crippen LogP contribution in [-0.2, 0) is 10.0 Å². The van der Waals surface area contributed by atoms with Gasteiger partial charge >= 0.3 is 0 Å². The maximum atomic E-state index is 13.3. The Morgan fingerprint density at radius 3 is 2.05 bits per heavy atom. The highest BCUT2D eigenvalue weighted by Gasteiger charge is 2.46. The van der Waals surface area contributed by atoms with Crippen molar-refractivity contribution in [3.05, 3.63) is 29.8 Å². The van der Waals surface area contributed by atoms with E-state index < -0.39 is 21.7 Å². The van der Waals surface area contributed by atoms with Crippen molar-refractivity contribution < 1.29 is 17.2 Å². The lowest BCUT2D eigenvalue weighted by Gasteiger charge is -2.36. The lowest BCUT2D eigenvalue weighted by Crippen LogP contribution is -2.50. The van der Waals surface area contributed by atoms with Gasteiger partial charge in [0.2, 0.25) is 10.0 Å². The number of sulfonamides is 1. The number of nitrogens with two attached hydrogens (primary N) is 1. The Hall–Kier alpha value is -1.05. The molecule has 0 aliphatic carbocycles. The van der Waals surface area contributed by atoms with Crippen molar-refractivity contribution in [2.24, 2.45) is 5.73 Å². The third-order valence-electron chi connectivity index (χ3n) is 4.11. The molecule has 0 amide bonds. The summed E-state index contributed by atoms with van der Waals surface area (Å²) in [5.74, 6) is -1.77. The number of benzene rings is 1. The van der Waals surface area contributed by atoms with Gasteiger partial charge in [0.05, 0.1) is 4.90 Å². The molecule has 2 fully saturated rings. The minimum Gasteiger partial charge on any atom is -0.328 e. The molecule has 20 heavy (non-hydrogen) atoms. The van der Waals surface area contributed by atoms with Crippen molar-refractivity contribution in [1.82, 2.24) is 4.31 Å². The summed E-state index contributed by atoms with van der Waals surface area (Å²) in [6, 6.07) is 2.10. The highest BCUT2D eigenvalue weighted by molar-refractivity contribution is 7.89. The molecule has 2 heterocycles. The maximum absolute atomic E-state index is 13.3. The number of fused-ring (bicyclic) bond motifs is 2. The van der Waals surface area contributed by atoms with Crippen LogP contribution in [0.5, 0.6) is 0 Å². The van der Waals surface area contributed by atoms with Crippen molar-refractivity contribution in [2.45, 2.75) is 48.7 Å². The first-order chi connectivity index (χ1) is 9.38. The van der Waals surface area contributed by atoms with Gasteiger partial charge in [0, 0.05) is 24.2 Å². The van der Waals surface area contributed by atoms with E-state index in [1.54, 1.807) is 0 Å². The average Bonchev–Trinajstić information content (AvgIpc) is 2.62. The van der Waals surface area contributed by atoms with E-state index in [0.29, 0.717) is 18.9 Å². The maximum Gasteiger partial charge on any atom is 0.243 e. The summed E-state index contributed by atoms with van der Waals surface area (Å²) in [5.41, 5.74) is 5.91. The normalized spacial score (nSPS) is 30.6. The quantitative estimate of drug-likeness (QED) is 0.902. The number of nitrogens with zero attached hydrogens (tertiary/aromatic N) is 1. The predicted molar refractivity (Wildman–Crippen MR) is 69.4 cm³/mol. The summed E-state index contributed by atoms with van der Waals surface area (Å²) >= 11 is 0. The van der Waals surface area contributed by atoms with Crippen LogP contribution in [0.25, 0.3) is 0 Å². The molecule has 2 aliphatic heterocycles. The predicted octanol–water partition coefficient (Wildman–Crippen LogP) is 1.61. The molecule has 1 aromatic carbocycles. The topological polar surface area (TPSA) is 63.4 Å². The Morgan fingerprint density at radius 2 is 1.55 bits per heavy atom. The van der Waals surface area contributed by atoms with Crippen LogP contribution in [0.15, 0.2) is 23.1 Å². The van der Waals surface area contributed by atoms with Crippen LogP contribution in [0, 0.1) is 11.6 Å². The zero-order valence-electron chi connectivity index (χ0n) is 10.8. The zero-order chi connectivity index (χ0) is 14.5. The second-order valence-electron chi connectivity index (χ2n) is 5.56. The summed E-state index contributed by atoms with van der Waals surface area (Å²) in [4.78, 5) is -0.317. The van der Waals surface area contributed by atoms with Crippen molar-refractivity contribution in [3.63, 3.8) is 0 Å². The molecule has 2 bridgehead atoms. The third-order valence-corrected chi connectivity index (χ3v) is 6.10. The molecule has 0 spiro atoms. The van der Waals surface area contributed by atoms with Gasteiger partial charge in [-0.15, -0.1) is 0 Å². The molecule has 2 unspecified atom stereocenters. The smallest absolute Gasteiger partial charge is 0.243 e. The molecule has 2 atom stereocenters.